The highest BCUT2D eigenvalue weighted by Crippen LogP contribution is 2.21. The molecule has 2 aromatic carbocycles. The third-order valence-corrected chi connectivity index (χ3v) is 5.21. The number of hydrogen-bond acceptors (Lipinski definition) is 3. The summed E-state index contributed by atoms with van der Waals surface area (Å²) in [6.07, 6.45) is 0.485. The molecule has 0 spiro atoms. The van der Waals surface area contributed by atoms with E-state index in [1.165, 1.54) is 10.5 Å². The molecular weight excluding hydrogens is 388 g/mol. The van der Waals surface area contributed by atoms with Crippen LogP contribution in [0.2, 0.25) is 5.02 Å². The van der Waals surface area contributed by atoms with Crippen LogP contribution in [0.25, 0.3) is 0 Å². The van der Waals surface area contributed by atoms with E-state index in [2.05, 4.69) is 19.2 Å². The Morgan fingerprint density at radius 2 is 1.76 bits per heavy atom. The highest BCUT2D eigenvalue weighted by Gasteiger charge is 2.28. The lowest BCUT2D eigenvalue weighted by Gasteiger charge is -2.30. The van der Waals surface area contributed by atoms with E-state index >= 15 is 0 Å². The number of carbonyl (C=O) groups is 2. The third kappa shape index (κ3) is 6.23. The van der Waals surface area contributed by atoms with Crippen LogP contribution in [-0.4, -0.2) is 36.4 Å². The van der Waals surface area contributed by atoms with E-state index in [-0.39, 0.29) is 25.0 Å². The lowest BCUT2D eigenvalue weighted by molar-refractivity contribution is -0.142. The van der Waals surface area contributed by atoms with E-state index in [1.54, 1.807) is 13.1 Å². The van der Waals surface area contributed by atoms with Crippen molar-refractivity contribution in [1.82, 2.24) is 10.2 Å². The van der Waals surface area contributed by atoms with Crippen LogP contribution >= 0.6 is 11.6 Å². The minimum atomic E-state index is -0.601. The van der Waals surface area contributed by atoms with Crippen molar-refractivity contribution < 1.29 is 14.3 Å². The number of amides is 2. The highest BCUT2D eigenvalue weighted by molar-refractivity contribution is 6.31. The molecule has 6 heteroatoms. The molecule has 2 rings (SSSR count). The SMILES string of the molecule is CCC(C(=O)NC)N(Cc1ccccc1Cl)C(=O)COc1ccc(C(C)C)cc1. The van der Waals surface area contributed by atoms with Gasteiger partial charge in [-0.1, -0.05) is 62.7 Å². The van der Waals surface area contributed by atoms with Crippen LogP contribution in [0, 0.1) is 0 Å². The first kappa shape index (κ1) is 22.8. The van der Waals surface area contributed by atoms with Crippen molar-refractivity contribution in [3.8, 4) is 5.75 Å². The van der Waals surface area contributed by atoms with Crippen LogP contribution in [0.15, 0.2) is 48.5 Å². The molecule has 0 saturated carbocycles. The number of halogens is 1. The Labute approximate surface area is 178 Å². The number of nitrogens with one attached hydrogen (secondary N) is 1. The summed E-state index contributed by atoms with van der Waals surface area (Å²) < 4.78 is 5.70. The van der Waals surface area contributed by atoms with E-state index in [0.29, 0.717) is 23.1 Å². The van der Waals surface area contributed by atoms with Gasteiger partial charge in [-0.3, -0.25) is 9.59 Å². The molecule has 0 aromatic heterocycles. The van der Waals surface area contributed by atoms with Gasteiger partial charge in [-0.2, -0.15) is 0 Å². The van der Waals surface area contributed by atoms with Gasteiger partial charge in [0.2, 0.25) is 5.91 Å². The quantitative estimate of drug-likeness (QED) is 0.659. The van der Waals surface area contributed by atoms with E-state index in [0.717, 1.165) is 5.56 Å². The number of nitrogens with zero attached hydrogens (tertiary/aromatic N) is 1. The maximum atomic E-state index is 13.0. The summed E-state index contributed by atoms with van der Waals surface area (Å²) in [6.45, 7) is 6.20. The zero-order chi connectivity index (χ0) is 21.4. The molecule has 1 atom stereocenters. The molecule has 1 unspecified atom stereocenters. The normalized spacial score (nSPS) is 11.8. The van der Waals surface area contributed by atoms with Gasteiger partial charge in [-0.15, -0.1) is 0 Å². The van der Waals surface area contributed by atoms with Crippen molar-refractivity contribution in [2.45, 2.75) is 45.7 Å². The molecule has 0 heterocycles. The summed E-state index contributed by atoms with van der Waals surface area (Å²) in [5, 5.41) is 3.19. The highest BCUT2D eigenvalue weighted by atomic mass is 35.5. The standard InChI is InChI=1S/C23H29ClN2O3/c1-5-21(23(28)25-4)26(14-18-8-6-7-9-20(18)24)22(27)15-29-19-12-10-17(11-13-19)16(2)3/h6-13,16,21H,5,14-15H2,1-4H3,(H,25,28). The lowest BCUT2D eigenvalue weighted by atomic mass is 10.0. The van der Waals surface area contributed by atoms with Crippen LogP contribution in [-0.2, 0) is 16.1 Å². The van der Waals surface area contributed by atoms with E-state index in [4.69, 9.17) is 16.3 Å². The van der Waals surface area contributed by atoms with Gasteiger partial charge in [0.15, 0.2) is 6.61 Å². The lowest BCUT2D eigenvalue weighted by Crippen LogP contribution is -2.49. The maximum Gasteiger partial charge on any atom is 0.261 e. The van der Waals surface area contributed by atoms with Gasteiger partial charge in [-0.05, 0) is 41.7 Å². The van der Waals surface area contributed by atoms with Crippen molar-refractivity contribution in [1.29, 1.82) is 0 Å². The molecule has 0 fully saturated rings. The zero-order valence-corrected chi connectivity index (χ0v) is 18.2. The predicted octanol–water partition coefficient (Wildman–Crippen LogP) is 4.40. The summed E-state index contributed by atoms with van der Waals surface area (Å²) in [6, 6.07) is 14.4. The third-order valence-electron chi connectivity index (χ3n) is 4.84. The molecule has 29 heavy (non-hydrogen) atoms. The zero-order valence-electron chi connectivity index (χ0n) is 17.4. The van der Waals surface area contributed by atoms with Crippen LogP contribution in [0.5, 0.6) is 5.75 Å². The fourth-order valence-corrected chi connectivity index (χ4v) is 3.27. The van der Waals surface area contributed by atoms with Gasteiger partial charge in [-0.25, -0.2) is 0 Å². The van der Waals surface area contributed by atoms with Crippen molar-refractivity contribution in [2.24, 2.45) is 0 Å². The molecule has 2 aromatic rings. The molecule has 1 N–H and O–H groups in total. The van der Waals surface area contributed by atoms with Crippen molar-refractivity contribution in [2.75, 3.05) is 13.7 Å². The second-order valence-corrected chi connectivity index (χ2v) is 7.57. The van der Waals surface area contributed by atoms with Gasteiger partial charge in [0.05, 0.1) is 0 Å². The molecule has 0 aliphatic carbocycles. The van der Waals surface area contributed by atoms with Crippen LogP contribution in [0.3, 0.4) is 0 Å². The summed E-state index contributed by atoms with van der Waals surface area (Å²) in [5.74, 6) is 0.561. The Hall–Kier alpha value is -2.53. The molecule has 0 radical (unpaired) electrons. The molecule has 5 nitrogen and oxygen atoms in total. The Bertz CT molecular complexity index is 821. The number of benzene rings is 2. The topological polar surface area (TPSA) is 58.6 Å². The molecular formula is C23H29ClN2O3. The van der Waals surface area contributed by atoms with Gasteiger partial charge < -0.3 is 15.0 Å². The van der Waals surface area contributed by atoms with Crippen molar-refractivity contribution in [3.05, 3.63) is 64.7 Å². The van der Waals surface area contributed by atoms with Gasteiger partial charge in [0.25, 0.3) is 5.91 Å². The summed E-state index contributed by atoms with van der Waals surface area (Å²) in [4.78, 5) is 26.9. The van der Waals surface area contributed by atoms with Crippen molar-refractivity contribution in [3.63, 3.8) is 0 Å². The monoisotopic (exact) mass is 416 g/mol. The van der Waals surface area contributed by atoms with Crippen LogP contribution in [0.4, 0.5) is 0 Å². The minimum Gasteiger partial charge on any atom is -0.484 e. The largest absolute Gasteiger partial charge is 0.484 e. The molecule has 0 bridgehead atoms. The van der Waals surface area contributed by atoms with Crippen molar-refractivity contribution >= 4 is 23.4 Å². The molecule has 156 valence electrons. The fraction of sp³-hybridized carbons (Fsp3) is 0.391. The van der Waals surface area contributed by atoms with Gasteiger partial charge >= 0.3 is 0 Å². The Balaban J connectivity index is 2.16. The maximum absolute atomic E-state index is 13.0. The first-order chi connectivity index (χ1) is 13.9. The number of likely N-dealkylation sites (N-methyl/N-ethyl adjacent to an activating group) is 1. The molecule has 0 aliphatic heterocycles. The summed E-state index contributed by atoms with van der Waals surface area (Å²) in [7, 11) is 1.57. The smallest absolute Gasteiger partial charge is 0.261 e. The average Bonchev–Trinajstić information content (AvgIpc) is 2.73. The summed E-state index contributed by atoms with van der Waals surface area (Å²) in [5.41, 5.74) is 1.99. The van der Waals surface area contributed by atoms with Gasteiger partial charge in [0, 0.05) is 18.6 Å². The molecule has 0 aliphatic rings. The predicted molar refractivity (Wildman–Crippen MR) is 116 cm³/mol. The average molecular weight is 417 g/mol. The minimum absolute atomic E-state index is 0.154. The summed E-state index contributed by atoms with van der Waals surface area (Å²) >= 11 is 6.28. The Morgan fingerprint density at radius 3 is 2.31 bits per heavy atom. The van der Waals surface area contributed by atoms with E-state index in [9.17, 15) is 9.59 Å². The first-order valence-electron chi connectivity index (χ1n) is 9.84. The number of carbonyl (C=O) groups excluding carboxylic acids is 2. The molecule has 2 amide bonds. The van der Waals surface area contributed by atoms with Crippen LogP contribution in [0.1, 0.15) is 44.2 Å². The number of rotatable bonds is 9. The second-order valence-electron chi connectivity index (χ2n) is 7.16. The van der Waals surface area contributed by atoms with Gasteiger partial charge in [0.1, 0.15) is 11.8 Å². The number of hydrogen-bond donors (Lipinski definition) is 1. The van der Waals surface area contributed by atoms with E-state index in [1.807, 2.05) is 49.4 Å². The molecule has 0 saturated heterocycles. The number of ether oxygens (including phenoxy) is 1. The van der Waals surface area contributed by atoms with E-state index < -0.39 is 6.04 Å². The first-order valence-corrected chi connectivity index (χ1v) is 10.2. The van der Waals surface area contributed by atoms with Crippen LogP contribution < -0.4 is 10.1 Å². The fourth-order valence-electron chi connectivity index (χ4n) is 3.07. The Kier molecular flexibility index (Phi) is 8.52. The second kappa shape index (κ2) is 10.9. The Morgan fingerprint density at radius 1 is 1.10 bits per heavy atom.